The van der Waals surface area contributed by atoms with Gasteiger partial charge in [-0.1, -0.05) is 18.2 Å². The van der Waals surface area contributed by atoms with Crippen molar-refractivity contribution in [3.05, 3.63) is 59.9 Å². The van der Waals surface area contributed by atoms with E-state index < -0.39 is 6.10 Å². The van der Waals surface area contributed by atoms with Gasteiger partial charge >= 0.3 is 0 Å². The van der Waals surface area contributed by atoms with Crippen molar-refractivity contribution >= 4 is 29.9 Å². The van der Waals surface area contributed by atoms with Crippen LogP contribution in [-0.4, -0.2) is 36.2 Å². The van der Waals surface area contributed by atoms with E-state index in [1.807, 2.05) is 49.4 Å². The summed E-state index contributed by atoms with van der Waals surface area (Å²) < 4.78 is 5.18. The molecule has 25 heavy (non-hydrogen) atoms. The molecule has 2 aromatic rings. The second-order valence-electron chi connectivity index (χ2n) is 5.19. The molecule has 0 amide bonds. The largest absolute Gasteiger partial charge is 0.497 e. The summed E-state index contributed by atoms with van der Waals surface area (Å²) in [4.78, 5) is 8.73. The van der Waals surface area contributed by atoms with Crippen molar-refractivity contribution in [2.24, 2.45) is 4.99 Å². The van der Waals surface area contributed by atoms with E-state index in [0.29, 0.717) is 19.0 Å². The van der Waals surface area contributed by atoms with Gasteiger partial charge in [0.2, 0.25) is 0 Å². The van der Waals surface area contributed by atoms with Crippen LogP contribution in [0.2, 0.25) is 0 Å². The molecule has 7 heteroatoms. The first-order chi connectivity index (χ1) is 11.7. The Kier molecular flexibility index (Phi) is 9.86. The number of halogens is 1. The average molecular weight is 456 g/mol. The van der Waals surface area contributed by atoms with Crippen LogP contribution in [0, 0.1) is 0 Å². The molecule has 1 aromatic heterocycles. The van der Waals surface area contributed by atoms with Crippen molar-refractivity contribution in [1.29, 1.82) is 0 Å². The van der Waals surface area contributed by atoms with Crippen molar-refractivity contribution in [2.45, 2.75) is 19.6 Å². The van der Waals surface area contributed by atoms with Gasteiger partial charge in [0, 0.05) is 19.3 Å². The number of rotatable bonds is 7. The highest BCUT2D eigenvalue weighted by molar-refractivity contribution is 14.0. The number of nitrogens with zero attached hydrogens (tertiary/aromatic N) is 2. The highest BCUT2D eigenvalue weighted by atomic mass is 127. The summed E-state index contributed by atoms with van der Waals surface area (Å²) in [5, 5.41) is 16.6. The number of hydrogen-bond acceptors (Lipinski definition) is 4. The van der Waals surface area contributed by atoms with E-state index in [9.17, 15) is 5.11 Å². The van der Waals surface area contributed by atoms with Crippen LogP contribution >= 0.6 is 24.0 Å². The van der Waals surface area contributed by atoms with Gasteiger partial charge in [0.05, 0.1) is 25.5 Å². The summed E-state index contributed by atoms with van der Waals surface area (Å²) in [6.07, 6.45) is 1.09. The van der Waals surface area contributed by atoms with Crippen molar-refractivity contribution in [2.75, 3.05) is 20.2 Å². The summed E-state index contributed by atoms with van der Waals surface area (Å²) in [5.74, 6) is 1.37. The molecule has 136 valence electrons. The lowest BCUT2D eigenvalue weighted by Gasteiger charge is -2.16. The molecule has 3 N–H and O–H groups in total. The Bertz CT molecular complexity index is 653. The molecular formula is C18H25IN4O2. The zero-order valence-corrected chi connectivity index (χ0v) is 16.8. The molecule has 6 nitrogen and oxygen atoms in total. The maximum Gasteiger partial charge on any atom is 0.191 e. The number of ether oxygens (including phenoxy) is 1. The predicted molar refractivity (Wildman–Crippen MR) is 110 cm³/mol. The van der Waals surface area contributed by atoms with Crippen molar-refractivity contribution in [3.8, 4) is 5.75 Å². The van der Waals surface area contributed by atoms with Crippen LogP contribution in [0.1, 0.15) is 24.3 Å². The summed E-state index contributed by atoms with van der Waals surface area (Å²) in [6, 6.07) is 13.1. The third-order valence-corrected chi connectivity index (χ3v) is 3.41. The topological polar surface area (TPSA) is 78.8 Å². The van der Waals surface area contributed by atoms with E-state index in [2.05, 4.69) is 20.6 Å². The van der Waals surface area contributed by atoms with E-state index >= 15 is 0 Å². The van der Waals surface area contributed by atoms with Crippen molar-refractivity contribution < 1.29 is 9.84 Å². The van der Waals surface area contributed by atoms with Gasteiger partial charge in [-0.2, -0.15) is 0 Å². The smallest absolute Gasteiger partial charge is 0.191 e. The lowest BCUT2D eigenvalue weighted by Crippen LogP contribution is -2.39. The third kappa shape index (κ3) is 7.27. The zero-order valence-electron chi connectivity index (χ0n) is 14.5. The Morgan fingerprint density at radius 2 is 2.08 bits per heavy atom. The van der Waals surface area contributed by atoms with Crippen LogP contribution in [-0.2, 0) is 6.54 Å². The van der Waals surface area contributed by atoms with Crippen molar-refractivity contribution in [3.63, 3.8) is 0 Å². The lowest BCUT2D eigenvalue weighted by molar-refractivity contribution is 0.180. The number of aliphatic imine (C=N–C) groups is 1. The van der Waals surface area contributed by atoms with Crippen LogP contribution in [0.25, 0.3) is 0 Å². The van der Waals surface area contributed by atoms with Gasteiger partial charge < -0.3 is 20.5 Å². The fraction of sp³-hybridized carbons (Fsp3) is 0.333. The normalized spacial score (nSPS) is 12.0. The molecule has 0 spiro atoms. The van der Waals surface area contributed by atoms with Gasteiger partial charge in [-0.3, -0.25) is 4.98 Å². The molecule has 2 rings (SSSR count). The van der Waals surface area contributed by atoms with E-state index in [-0.39, 0.29) is 24.0 Å². The molecule has 1 heterocycles. The minimum absolute atomic E-state index is 0. The Labute approximate surface area is 165 Å². The fourth-order valence-corrected chi connectivity index (χ4v) is 2.15. The molecule has 0 saturated heterocycles. The summed E-state index contributed by atoms with van der Waals surface area (Å²) in [7, 11) is 1.61. The first-order valence-electron chi connectivity index (χ1n) is 7.97. The molecule has 0 radical (unpaired) electrons. The van der Waals surface area contributed by atoms with E-state index in [1.165, 1.54) is 0 Å². The molecule has 1 atom stereocenters. The average Bonchev–Trinajstić information content (AvgIpc) is 2.64. The van der Waals surface area contributed by atoms with E-state index in [1.54, 1.807) is 13.3 Å². The van der Waals surface area contributed by atoms with Crippen LogP contribution in [0.3, 0.4) is 0 Å². The monoisotopic (exact) mass is 456 g/mol. The maximum absolute atomic E-state index is 10.3. The van der Waals surface area contributed by atoms with Gasteiger partial charge in [0.1, 0.15) is 5.75 Å². The summed E-state index contributed by atoms with van der Waals surface area (Å²) in [6.45, 7) is 3.56. The number of guanidine groups is 1. The minimum Gasteiger partial charge on any atom is -0.497 e. The van der Waals surface area contributed by atoms with Crippen LogP contribution in [0.15, 0.2) is 53.7 Å². The Hall–Kier alpha value is -1.87. The van der Waals surface area contributed by atoms with Crippen LogP contribution in [0.4, 0.5) is 0 Å². The zero-order chi connectivity index (χ0) is 17.2. The number of aliphatic hydroxyl groups excluding tert-OH is 1. The highest BCUT2D eigenvalue weighted by Crippen LogP contribution is 2.18. The number of pyridine rings is 1. The van der Waals surface area contributed by atoms with Crippen LogP contribution in [0.5, 0.6) is 5.75 Å². The minimum atomic E-state index is -0.654. The molecule has 0 saturated carbocycles. The number of nitrogens with one attached hydrogen (secondary N) is 2. The van der Waals surface area contributed by atoms with Gasteiger partial charge in [-0.05, 0) is 36.8 Å². The predicted octanol–water partition coefficient (Wildman–Crippen LogP) is 2.50. The molecule has 1 aromatic carbocycles. The lowest BCUT2D eigenvalue weighted by atomic mass is 10.1. The molecular weight excluding hydrogens is 431 g/mol. The number of methoxy groups -OCH3 is 1. The second kappa shape index (κ2) is 11.6. The molecule has 0 aliphatic carbocycles. The first kappa shape index (κ1) is 21.2. The number of hydrogen-bond donors (Lipinski definition) is 3. The Morgan fingerprint density at radius 1 is 1.24 bits per heavy atom. The molecule has 1 unspecified atom stereocenters. The first-order valence-corrected chi connectivity index (χ1v) is 7.97. The Balaban J connectivity index is 0.00000312. The van der Waals surface area contributed by atoms with Crippen molar-refractivity contribution in [1.82, 2.24) is 15.6 Å². The summed E-state index contributed by atoms with van der Waals surface area (Å²) in [5.41, 5.74) is 1.69. The number of aliphatic hydroxyl groups is 1. The molecule has 0 aliphatic heterocycles. The van der Waals surface area contributed by atoms with Gasteiger partial charge in [-0.15, -0.1) is 24.0 Å². The molecule has 0 aliphatic rings. The van der Waals surface area contributed by atoms with Gasteiger partial charge in [0.25, 0.3) is 0 Å². The van der Waals surface area contributed by atoms with Gasteiger partial charge in [-0.25, -0.2) is 4.99 Å². The Morgan fingerprint density at radius 3 is 2.76 bits per heavy atom. The highest BCUT2D eigenvalue weighted by Gasteiger charge is 2.09. The fourth-order valence-electron chi connectivity index (χ4n) is 2.15. The van der Waals surface area contributed by atoms with Crippen LogP contribution < -0.4 is 15.4 Å². The van der Waals surface area contributed by atoms with Gasteiger partial charge in [0.15, 0.2) is 5.96 Å². The summed E-state index contributed by atoms with van der Waals surface area (Å²) >= 11 is 0. The number of benzene rings is 1. The second-order valence-corrected chi connectivity index (χ2v) is 5.19. The number of aromatic nitrogens is 1. The quantitative estimate of drug-likeness (QED) is 0.339. The maximum atomic E-state index is 10.3. The van der Waals surface area contributed by atoms with E-state index in [4.69, 9.17) is 4.74 Å². The SMILES string of the molecule is CCNC(=NCc1ccccn1)NCC(O)c1cccc(OC)c1.I. The van der Waals surface area contributed by atoms with E-state index in [0.717, 1.165) is 23.6 Å². The third-order valence-electron chi connectivity index (χ3n) is 3.41. The molecule has 0 bridgehead atoms. The standard InChI is InChI=1S/C18H24N4O2.HI/c1-3-19-18(21-12-15-8-4-5-10-20-15)22-13-17(23)14-7-6-9-16(11-14)24-2;/h4-11,17,23H,3,12-13H2,1-2H3,(H2,19,21,22);1H. The molecule has 0 fully saturated rings.